The highest BCUT2D eigenvalue weighted by Gasteiger charge is 2.34. The van der Waals surface area contributed by atoms with Crippen LogP contribution in [-0.4, -0.2) is 33.0 Å². The van der Waals surface area contributed by atoms with E-state index in [1.54, 1.807) is 25.3 Å². The van der Waals surface area contributed by atoms with Gasteiger partial charge >= 0.3 is 5.65 Å². The number of primary amides is 1. The first-order valence-corrected chi connectivity index (χ1v) is 10.4. The summed E-state index contributed by atoms with van der Waals surface area (Å²) in [6, 6.07) is 5.68. The number of hydrogen-bond acceptors (Lipinski definition) is 5. The van der Waals surface area contributed by atoms with Gasteiger partial charge in [-0.25, -0.2) is 9.97 Å². The van der Waals surface area contributed by atoms with Crippen molar-refractivity contribution >= 4 is 34.4 Å². The number of carbonyl (C=O) groups excluding carboxylic acids is 2. The molecule has 0 radical (unpaired) electrons. The number of aromatic amines is 2. The molecule has 2 amide bonds. The molecule has 0 fully saturated rings. The van der Waals surface area contributed by atoms with Gasteiger partial charge in [0.1, 0.15) is 16.9 Å². The van der Waals surface area contributed by atoms with Crippen molar-refractivity contribution in [2.75, 3.05) is 5.32 Å². The lowest BCUT2D eigenvalue weighted by Crippen LogP contribution is -2.32. The van der Waals surface area contributed by atoms with E-state index >= 15 is 0 Å². The number of amides is 2. The van der Waals surface area contributed by atoms with Gasteiger partial charge in [-0.3, -0.25) is 9.59 Å². The number of allylic oxidation sites excluding steroid dienone is 2. The number of nitrogens with one attached hydrogen (secondary N) is 4. The van der Waals surface area contributed by atoms with Crippen LogP contribution in [0.2, 0.25) is 0 Å². The van der Waals surface area contributed by atoms with Crippen LogP contribution >= 0.6 is 0 Å². The maximum absolute atomic E-state index is 11.8. The molecule has 2 atom stereocenters. The van der Waals surface area contributed by atoms with E-state index in [0.29, 0.717) is 23.5 Å². The lowest BCUT2D eigenvalue weighted by atomic mass is 9.88. The van der Waals surface area contributed by atoms with Crippen LogP contribution in [0.5, 0.6) is 0 Å². The number of nitrogens with zero attached hydrogens (tertiary/aromatic N) is 2. The summed E-state index contributed by atoms with van der Waals surface area (Å²) in [6.45, 7) is 1.79. The number of hydrogen-bond donors (Lipinski definition) is 4. The van der Waals surface area contributed by atoms with Crippen LogP contribution in [0.25, 0.3) is 27.9 Å². The first kappa shape index (κ1) is 19.7. The van der Waals surface area contributed by atoms with Crippen molar-refractivity contribution in [3.8, 4) is 11.1 Å². The molecule has 2 aliphatic rings. The Labute approximate surface area is 183 Å². The van der Waals surface area contributed by atoms with Gasteiger partial charge in [0.2, 0.25) is 11.8 Å². The van der Waals surface area contributed by atoms with Crippen LogP contribution in [0.3, 0.4) is 0 Å². The smallest absolute Gasteiger partial charge is 0.355 e. The molecule has 2 unspecified atom stereocenters. The maximum Gasteiger partial charge on any atom is 0.355 e. The number of anilines is 1. The number of nitrogens with two attached hydrogens (primary N) is 1. The van der Waals surface area contributed by atoms with Crippen molar-refractivity contribution in [1.29, 1.82) is 0 Å². The highest BCUT2D eigenvalue weighted by molar-refractivity contribution is 5.96. The zero-order valence-corrected chi connectivity index (χ0v) is 17.3. The quantitative estimate of drug-likeness (QED) is 0.490. The predicted molar refractivity (Wildman–Crippen MR) is 120 cm³/mol. The molecule has 1 aliphatic carbocycles. The van der Waals surface area contributed by atoms with Crippen molar-refractivity contribution in [1.82, 2.24) is 20.5 Å². The Balaban J connectivity index is 1.47. The minimum atomic E-state index is -0.417. The average molecular weight is 428 g/mol. The first-order valence-electron chi connectivity index (χ1n) is 10.4. The molecule has 9 heteroatoms. The molecule has 3 aromatic rings. The Bertz CT molecular complexity index is 1320. The number of pyridine rings is 2. The molecule has 3 aromatic heterocycles. The topological polar surface area (TPSA) is 140 Å². The molecule has 0 aromatic carbocycles. The van der Waals surface area contributed by atoms with Gasteiger partial charge in [-0.1, -0.05) is 25.2 Å². The summed E-state index contributed by atoms with van der Waals surface area (Å²) < 4.78 is 0. The van der Waals surface area contributed by atoms with Crippen molar-refractivity contribution in [2.24, 2.45) is 11.7 Å². The highest BCUT2D eigenvalue weighted by atomic mass is 16.2. The molecular weight excluding hydrogens is 406 g/mol. The maximum atomic E-state index is 11.8. The second kappa shape index (κ2) is 7.77. The molecule has 5 rings (SSSR count). The molecule has 9 nitrogen and oxygen atoms in total. The summed E-state index contributed by atoms with van der Waals surface area (Å²) in [4.78, 5) is 30.9. The number of fused-ring (bicyclic) bond motifs is 2. The Hall–Kier alpha value is -4.27. The van der Waals surface area contributed by atoms with E-state index in [4.69, 9.17) is 5.73 Å². The van der Waals surface area contributed by atoms with Gasteiger partial charge in [0.25, 0.3) is 0 Å². The average Bonchev–Trinajstić information content (AvgIpc) is 3.42. The Morgan fingerprint density at radius 3 is 2.91 bits per heavy atom. The first-order chi connectivity index (χ1) is 15.5. The van der Waals surface area contributed by atoms with Gasteiger partial charge in [0.05, 0.1) is 23.0 Å². The van der Waals surface area contributed by atoms with Crippen LogP contribution in [0, 0.1) is 5.92 Å². The fourth-order valence-corrected chi connectivity index (χ4v) is 4.03. The number of rotatable bonds is 5. The number of aromatic nitrogens is 4. The van der Waals surface area contributed by atoms with Gasteiger partial charge in [0, 0.05) is 35.2 Å². The summed E-state index contributed by atoms with van der Waals surface area (Å²) in [5.74, 6) is -0.0954. The fourth-order valence-electron chi connectivity index (χ4n) is 4.03. The molecule has 0 saturated carbocycles. The van der Waals surface area contributed by atoms with Crippen LogP contribution in [0.1, 0.15) is 19.0 Å². The van der Waals surface area contributed by atoms with Crippen molar-refractivity contribution in [2.45, 2.75) is 19.4 Å². The van der Waals surface area contributed by atoms with Gasteiger partial charge in [-0.15, -0.1) is 0 Å². The molecule has 1 aliphatic heterocycles. The Morgan fingerprint density at radius 1 is 1.28 bits per heavy atom. The summed E-state index contributed by atoms with van der Waals surface area (Å²) in [5.41, 5.74) is 10.4. The van der Waals surface area contributed by atoms with Gasteiger partial charge in [-0.2, -0.15) is 5.10 Å². The molecule has 32 heavy (non-hydrogen) atoms. The third-order valence-electron chi connectivity index (χ3n) is 5.72. The number of H-pyrrole nitrogens is 2. The molecule has 0 bridgehead atoms. The van der Waals surface area contributed by atoms with Crippen LogP contribution in [0.15, 0.2) is 60.5 Å². The minimum Gasteiger partial charge on any atom is -0.376 e. The van der Waals surface area contributed by atoms with Gasteiger partial charge in [-0.05, 0) is 24.3 Å². The molecule has 4 heterocycles. The summed E-state index contributed by atoms with van der Waals surface area (Å²) in [6.07, 6.45) is 11.6. The van der Waals surface area contributed by atoms with Crippen molar-refractivity contribution in [3.63, 3.8) is 0 Å². The minimum absolute atomic E-state index is 0.0295. The SMILES string of the molecule is CCC(=O)Nc1ccc(-c2c[nH+]c3n[nH]c(C4=CC5C(C(N)=O)=CC=CC5N4)c3c2)cn1. The van der Waals surface area contributed by atoms with E-state index in [1.807, 2.05) is 36.6 Å². The van der Waals surface area contributed by atoms with E-state index in [2.05, 4.69) is 30.8 Å². The molecule has 0 spiro atoms. The van der Waals surface area contributed by atoms with Crippen molar-refractivity contribution in [3.05, 3.63) is 66.2 Å². The second-order valence-electron chi connectivity index (χ2n) is 7.73. The van der Waals surface area contributed by atoms with Crippen molar-refractivity contribution < 1.29 is 14.6 Å². The van der Waals surface area contributed by atoms with E-state index in [1.165, 1.54) is 0 Å². The molecule has 0 saturated heterocycles. The standard InChI is InChI=1S/C23H21N7O2/c1-2-20(31)28-19-7-6-12(10-25-19)13-8-16-21(29-30-23(16)26-11-13)18-9-15-14(22(24)32)4-3-5-17(15)27-18/h3-11,15,17,27H,2H2,1H3,(H2,24,32)(H,25,28,31)(H,26,29,30)/p+1. The summed E-state index contributed by atoms with van der Waals surface area (Å²) in [7, 11) is 0. The fraction of sp³-hybridized carbons (Fsp3) is 0.174. The predicted octanol–water partition coefficient (Wildman–Crippen LogP) is 1.70. The molecule has 6 N–H and O–H groups in total. The lowest BCUT2D eigenvalue weighted by molar-refractivity contribution is -0.346. The lowest BCUT2D eigenvalue weighted by Gasteiger charge is -2.20. The van der Waals surface area contributed by atoms with E-state index < -0.39 is 5.91 Å². The largest absolute Gasteiger partial charge is 0.376 e. The van der Waals surface area contributed by atoms with Gasteiger partial charge in [0.15, 0.2) is 0 Å². The number of carbonyl (C=O) groups is 2. The zero-order chi connectivity index (χ0) is 22.2. The third kappa shape index (κ3) is 3.43. The second-order valence-corrected chi connectivity index (χ2v) is 7.73. The zero-order valence-electron chi connectivity index (χ0n) is 17.3. The third-order valence-corrected chi connectivity index (χ3v) is 5.72. The monoisotopic (exact) mass is 428 g/mol. The van der Waals surface area contributed by atoms with Crippen LogP contribution in [0.4, 0.5) is 5.82 Å². The van der Waals surface area contributed by atoms with E-state index in [-0.39, 0.29) is 17.9 Å². The summed E-state index contributed by atoms with van der Waals surface area (Å²) in [5, 5.41) is 14.6. The Morgan fingerprint density at radius 2 is 2.16 bits per heavy atom. The highest BCUT2D eigenvalue weighted by Crippen LogP contribution is 2.34. The normalized spacial score (nSPS) is 19.2. The van der Waals surface area contributed by atoms with Crippen LogP contribution in [-0.2, 0) is 9.59 Å². The van der Waals surface area contributed by atoms with E-state index in [9.17, 15) is 9.59 Å². The molecular formula is C23H22N7O2+. The Kier molecular flexibility index (Phi) is 4.78. The summed E-state index contributed by atoms with van der Waals surface area (Å²) >= 11 is 0. The van der Waals surface area contributed by atoms with Gasteiger partial charge < -0.3 is 16.4 Å². The van der Waals surface area contributed by atoms with Crippen LogP contribution < -0.4 is 21.4 Å². The molecule has 160 valence electrons. The van der Waals surface area contributed by atoms with E-state index in [0.717, 1.165) is 27.9 Å².